The largest absolute Gasteiger partial charge is 0.466 e. The SMILES string of the molecule is CCOC(=O)C1CCCN(C(=O)c2ccc(CN)cc2)C1.Cl. The number of carbonyl (C=O) groups is 2. The Hall–Kier alpha value is -1.59. The molecular formula is C16H23ClN2O3. The van der Waals surface area contributed by atoms with Gasteiger partial charge in [-0.3, -0.25) is 9.59 Å². The maximum Gasteiger partial charge on any atom is 0.310 e. The van der Waals surface area contributed by atoms with Crippen LogP contribution >= 0.6 is 12.4 Å². The Morgan fingerprint density at radius 3 is 2.59 bits per heavy atom. The summed E-state index contributed by atoms with van der Waals surface area (Å²) in [5.41, 5.74) is 7.18. The third-order valence-corrected chi connectivity index (χ3v) is 3.77. The summed E-state index contributed by atoms with van der Waals surface area (Å²) >= 11 is 0. The van der Waals surface area contributed by atoms with Crippen LogP contribution in [0.4, 0.5) is 0 Å². The van der Waals surface area contributed by atoms with Gasteiger partial charge in [0.2, 0.25) is 0 Å². The second-order valence-electron chi connectivity index (χ2n) is 5.24. The van der Waals surface area contributed by atoms with Crippen molar-refractivity contribution in [2.45, 2.75) is 26.3 Å². The van der Waals surface area contributed by atoms with Crippen LogP contribution < -0.4 is 5.73 Å². The van der Waals surface area contributed by atoms with Crippen LogP contribution in [0.5, 0.6) is 0 Å². The molecule has 1 atom stereocenters. The van der Waals surface area contributed by atoms with Gasteiger partial charge in [0.15, 0.2) is 0 Å². The van der Waals surface area contributed by atoms with Crippen molar-refractivity contribution in [3.63, 3.8) is 0 Å². The van der Waals surface area contributed by atoms with Gasteiger partial charge < -0.3 is 15.4 Å². The predicted octanol–water partition coefficient (Wildman–Crippen LogP) is 1.98. The van der Waals surface area contributed by atoms with Crippen LogP contribution in [0.2, 0.25) is 0 Å². The van der Waals surface area contributed by atoms with Gasteiger partial charge in [-0.1, -0.05) is 12.1 Å². The zero-order chi connectivity index (χ0) is 15.2. The molecule has 0 radical (unpaired) electrons. The van der Waals surface area contributed by atoms with Crippen molar-refractivity contribution in [1.82, 2.24) is 4.90 Å². The molecule has 0 aromatic heterocycles. The molecule has 1 aliphatic rings. The summed E-state index contributed by atoms with van der Waals surface area (Å²) in [5, 5.41) is 0. The number of carbonyl (C=O) groups excluding carboxylic acids is 2. The van der Waals surface area contributed by atoms with Crippen LogP contribution in [-0.4, -0.2) is 36.5 Å². The summed E-state index contributed by atoms with van der Waals surface area (Å²) < 4.78 is 5.05. The molecular weight excluding hydrogens is 304 g/mol. The summed E-state index contributed by atoms with van der Waals surface area (Å²) in [4.78, 5) is 26.0. The molecule has 122 valence electrons. The van der Waals surface area contributed by atoms with E-state index in [9.17, 15) is 9.59 Å². The number of amides is 1. The molecule has 1 saturated heterocycles. The lowest BCUT2D eigenvalue weighted by molar-refractivity contribution is -0.149. The van der Waals surface area contributed by atoms with Crippen molar-refractivity contribution in [1.29, 1.82) is 0 Å². The van der Waals surface area contributed by atoms with Crippen molar-refractivity contribution in [3.05, 3.63) is 35.4 Å². The van der Waals surface area contributed by atoms with Crippen LogP contribution in [0.15, 0.2) is 24.3 Å². The van der Waals surface area contributed by atoms with Crippen LogP contribution in [0.25, 0.3) is 0 Å². The fourth-order valence-electron chi connectivity index (χ4n) is 2.58. The maximum absolute atomic E-state index is 12.5. The number of esters is 1. The van der Waals surface area contributed by atoms with Gasteiger partial charge in [-0.15, -0.1) is 12.4 Å². The second-order valence-corrected chi connectivity index (χ2v) is 5.24. The van der Waals surface area contributed by atoms with Crippen molar-refractivity contribution in [2.24, 2.45) is 11.7 Å². The van der Waals surface area contributed by atoms with Gasteiger partial charge in [0.1, 0.15) is 0 Å². The summed E-state index contributed by atoms with van der Waals surface area (Å²) in [6, 6.07) is 7.30. The topological polar surface area (TPSA) is 72.6 Å². The Morgan fingerprint density at radius 2 is 2.00 bits per heavy atom. The molecule has 22 heavy (non-hydrogen) atoms. The van der Waals surface area contributed by atoms with Crippen molar-refractivity contribution in [3.8, 4) is 0 Å². The molecule has 0 aliphatic carbocycles. The molecule has 1 aliphatic heterocycles. The van der Waals surface area contributed by atoms with Crippen molar-refractivity contribution < 1.29 is 14.3 Å². The Labute approximate surface area is 137 Å². The third kappa shape index (κ3) is 4.45. The summed E-state index contributed by atoms with van der Waals surface area (Å²) in [6.07, 6.45) is 1.62. The lowest BCUT2D eigenvalue weighted by Gasteiger charge is -2.31. The second kappa shape index (κ2) is 8.76. The molecule has 0 bridgehead atoms. The number of piperidine rings is 1. The number of benzene rings is 1. The number of hydrogen-bond acceptors (Lipinski definition) is 4. The zero-order valence-corrected chi connectivity index (χ0v) is 13.6. The number of nitrogens with zero attached hydrogens (tertiary/aromatic N) is 1. The first-order valence-electron chi connectivity index (χ1n) is 7.40. The average molecular weight is 327 g/mol. The van der Waals surface area contributed by atoms with E-state index in [1.165, 1.54) is 0 Å². The maximum atomic E-state index is 12.5. The minimum atomic E-state index is -0.203. The van der Waals surface area contributed by atoms with E-state index >= 15 is 0 Å². The quantitative estimate of drug-likeness (QED) is 0.859. The van der Waals surface area contributed by atoms with Crippen LogP contribution in [0.3, 0.4) is 0 Å². The summed E-state index contributed by atoms with van der Waals surface area (Å²) in [6.45, 7) is 3.76. The van der Waals surface area contributed by atoms with Crippen molar-refractivity contribution >= 4 is 24.3 Å². The molecule has 0 saturated carbocycles. The minimum absolute atomic E-state index is 0. The number of rotatable bonds is 4. The molecule has 1 amide bonds. The summed E-state index contributed by atoms with van der Waals surface area (Å²) in [5.74, 6) is -0.438. The van der Waals surface area contributed by atoms with E-state index in [0.717, 1.165) is 18.4 Å². The van der Waals surface area contributed by atoms with Crippen LogP contribution in [0.1, 0.15) is 35.7 Å². The smallest absolute Gasteiger partial charge is 0.310 e. The van der Waals surface area contributed by atoms with E-state index in [1.54, 1.807) is 24.0 Å². The molecule has 1 aromatic rings. The molecule has 1 heterocycles. The van der Waals surface area contributed by atoms with Gasteiger partial charge in [-0.05, 0) is 37.5 Å². The fraction of sp³-hybridized carbons (Fsp3) is 0.500. The van der Waals surface area contributed by atoms with E-state index in [4.69, 9.17) is 10.5 Å². The molecule has 0 spiro atoms. The van der Waals surface area contributed by atoms with Gasteiger partial charge in [0.05, 0.1) is 12.5 Å². The first-order chi connectivity index (χ1) is 10.2. The molecule has 2 N–H and O–H groups in total. The standard InChI is InChI=1S/C16H22N2O3.ClH/c1-2-21-16(20)14-4-3-9-18(11-14)15(19)13-7-5-12(10-17)6-8-13;/h5-8,14H,2-4,9-11,17H2,1H3;1H. The van der Waals surface area contributed by atoms with E-state index in [0.29, 0.717) is 31.8 Å². The number of halogens is 1. The number of likely N-dealkylation sites (tertiary alicyclic amines) is 1. The molecule has 5 nitrogen and oxygen atoms in total. The number of ether oxygens (including phenoxy) is 1. The molecule has 6 heteroatoms. The average Bonchev–Trinajstić information content (AvgIpc) is 2.54. The highest BCUT2D eigenvalue weighted by Gasteiger charge is 2.29. The van der Waals surface area contributed by atoms with E-state index in [2.05, 4.69) is 0 Å². The van der Waals surface area contributed by atoms with Crippen molar-refractivity contribution in [2.75, 3.05) is 19.7 Å². The Morgan fingerprint density at radius 1 is 1.32 bits per heavy atom. The predicted molar refractivity (Wildman–Crippen MR) is 86.8 cm³/mol. The normalized spacial score (nSPS) is 17.5. The molecule has 1 aromatic carbocycles. The number of nitrogens with two attached hydrogens (primary N) is 1. The van der Waals surface area contributed by atoms with Gasteiger partial charge in [-0.25, -0.2) is 0 Å². The summed E-state index contributed by atoms with van der Waals surface area (Å²) in [7, 11) is 0. The highest BCUT2D eigenvalue weighted by molar-refractivity contribution is 5.94. The zero-order valence-electron chi connectivity index (χ0n) is 12.8. The van der Waals surface area contributed by atoms with Crippen LogP contribution in [-0.2, 0) is 16.1 Å². The highest BCUT2D eigenvalue weighted by atomic mass is 35.5. The highest BCUT2D eigenvalue weighted by Crippen LogP contribution is 2.20. The molecule has 1 unspecified atom stereocenters. The Balaban J connectivity index is 0.00000242. The first kappa shape index (κ1) is 18.5. The van der Waals surface area contributed by atoms with Crippen LogP contribution in [0, 0.1) is 5.92 Å². The number of hydrogen-bond donors (Lipinski definition) is 1. The van der Waals surface area contributed by atoms with E-state index in [-0.39, 0.29) is 30.2 Å². The Bertz CT molecular complexity index is 505. The van der Waals surface area contributed by atoms with E-state index in [1.807, 2.05) is 12.1 Å². The monoisotopic (exact) mass is 326 g/mol. The first-order valence-corrected chi connectivity index (χ1v) is 7.40. The molecule has 1 fully saturated rings. The molecule has 2 rings (SSSR count). The van der Waals surface area contributed by atoms with Gasteiger partial charge >= 0.3 is 5.97 Å². The fourth-order valence-corrected chi connectivity index (χ4v) is 2.58. The van der Waals surface area contributed by atoms with Gasteiger partial charge in [0.25, 0.3) is 5.91 Å². The Kier molecular flexibility index (Phi) is 7.35. The van der Waals surface area contributed by atoms with Gasteiger partial charge in [-0.2, -0.15) is 0 Å². The lowest BCUT2D eigenvalue weighted by Crippen LogP contribution is -2.42. The third-order valence-electron chi connectivity index (χ3n) is 3.77. The van der Waals surface area contributed by atoms with Gasteiger partial charge in [0, 0.05) is 25.2 Å². The minimum Gasteiger partial charge on any atom is -0.466 e. The lowest BCUT2D eigenvalue weighted by atomic mass is 9.97. The van der Waals surface area contributed by atoms with E-state index < -0.39 is 0 Å².